The van der Waals surface area contributed by atoms with Crippen LogP contribution in [0.4, 0.5) is 5.95 Å². The molecule has 0 bridgehead atoms. The highest BCUT2D eigenvalue weighted by Gasteiger charge is 2.34. The van der Waals surface area contributed by atoms with Gasteiger partial charge in [0.1, 0.15) is 17.0 Å². The number of nitrogens with one attached hydrogen (secondary N) is 1. The Balaban J connectivity index is 1.88. The molecule has 29 heavy (non-hydrogen) atoms. The highest BCUT2D eigenvalue weighted by atomic mass is 35.5. The Kier molecular flexibility index (Phi) is 6.40. The van der Waals surface area contributed by atoms with Gasteiger partial charge in [0.15, 0.2) is 11.6 Å². The summed E-state index contributed by atoms with van der Waals surface area (Å²) in [5.74, 6) is 0.760. The predicted molar refractivity (Wildman–Crippen MR) is 108 cm³/mol. The van der Waals surface area contributed by atoms with Crippen molar-refractivity contribution < 1.29 is 13.2 Å². The number of nitrogens with zero attached hydrogens (tertiary/aromatic N) is 6. The largest absolute Gasteiger partial charge is 0.372 e. The molecule has 0 aliphatic rings. The van der Waals surface area contributed by atoms with Gasteiger partial charge in [-0.25, -0.2) is 18.4 Å². The molecule has 0 fully saturated rings. The zero-order valence-electron chi connectivity index (χ0n) is 16.0. The number of ether oxygens (including phenoxy) is 1. The molecule has 3 aromatic rings. The number of methoxy groups -OCH3 is 1. The number of aromatic nitrogens is 6. The van der Waals surface area contributed by atoms with Gasteiger partial charge >= 0.3 is 0 Å². The zero-order valence-corrected chi connectivity index (χ0v) is 17.6. The van der Waals surface area contributed by atoms with Crippen molar-refractivity contribution >= 4 is 27.6 Å². The lowest BCUT2D eigenvalue weighted by Gasteiger charge is -2.22. The number of anilines is 1. The standard InChI is InChI=1S/C17H20ClN7O3S/c1-4-25-16(13-7-5-6-8-19-13)22-23-17(25)24-29(26,27)11(2)14(28-3)15-20-9-12(18)10-21-15/h5-11,14H,4H2,1-3H3,(H,23,24). The van der Waals surface area contributed by atoms with E-state index in [0.717, 1.165) is 0 Å². The summed E-state index contributed by atoms with van der Waals surface area (Å²) in [6.45, 7) is 3.80. The molecule has 3 rings (SSSR count). The first kappa shape index (κ1) is 21.1. The second-order valence-electron chi connectivity index (χ2n) is 6.07. The minimum atomic E-state index is -3.92. The third-order valence-electron chi connectivity index (χ3n) is 4.26. The van der Waals surface area contributed by atoms with Crippen LogP contribution in [0.25, 0.3) is 11.5 Å². The first-order chi connectivity index (χ1) is 13.9. The number of rotatable bonds is 8. The molecule has 1 N–H and O–H groups in total. The number of pyridine rings is 1. The number of halogens is 1. The molecule has 0 aliphatic heterocycles. The average molecular weight is 438 g/mol. The molecule has 3 heterocycles. The van der Waals surface area contributed by atoms with Gasteiger partial charge in [-0.3, -0.25) is 14.3 Å². The third kappa shape index (κ3) is 4.52. The van der Waals surface area contributed by atoms with Gasteiger partial charge in [0.25, 0.3) is 0 Å². The van der Waals surface area contributed by atoms with Gasteiger partial charge in [-0.2, -0.15) is 0 Å². The molecule has 0 aliphatic carbocycles. The van der Waals surface area contributed by atoms with Crippen LogP contribution in [0.3, 0.4) is 0 Å². The first-order valence-corrected chi connectivity index (χ1v) is 10.7. The van der Waals surface area contributed by atoms with Crippen LogP contribution < -0.4 is 4.72 Å². The van der Waals surface area contributed by atoms with Crippen LogP contribution in [-0.4, -0.2) is 50.5 Å². The topological polar surface area (TPSA) is 125 Å². The van der Waals surface area contributed by atoms with Gasteiger partial charge < -0.3 is 4.74 Å². The second kappa shape index (κ2) is 8.80. The molecular formula is C17H20ClN7O3S. The van der Waals surface area contributed by atoms with E-state index >= 15 is 0 Å². The van der Waals surface area contributed by atoms with Crippen LogP contribution in [0.15, 0.2) is 36.8 Å². The Labute approximate surface area is 173 Å². The van der Waals surface area contributed by atoms with E-state index < -0.39 is 21.4 Å². The summed E-state index contributed by atoms with van der Waals surface area (Å²) in [6, 6.07) is 5.37. The van der Waals surface area contributed by atoms with Crippen LogP contribution in [-0.2, 0) is 21.3 Å². The molecule has 12 heteroatoms. The lowest BCUT2D eigenvalue weighted by Crippen LogP contribution is -2.33. The van der Waals surface area contributed by atoms with Crippen molar-refractivity contribution in [1.29, 1.82) is 0 Å². The molecule has 0 amide bonds. The SMILES string of the molecule is CCn1c(NS(=O)(=O)C(C)C(OC)c2ncc(Cl)cn2)nnc1-c1ccccn1. The van der Waals surface area contributed by atoms with Gasteiger partial charge in [0.05, 0.1) is 5.02 Å². The predicted octanol–water partition coefficient (Wildman–Crippen LogP) is 2.32. The van der Waals surface area contributed by atoms with Crippen molar-refractivity contribution in [1.82, 2.24) is 29.7 Å². The maximum Gasteiger partial charge on any atom is 0.240 e. The molecule has 0 radical (unpaired) electrons. The van der Waals surface area contributed by atoms with Crippen LogP contribution in [0.5, 0.6) is 0 Å². The van der Waals surface area contributed by atoms with Gasteiger partial charge in [-0.15, -0.1) is 10.2 Å². The molecule has 2 unspecified atom stereocenters. The third-order valence-corrected chi connectivity index (χ3v) is 6.15. The summed E-state index contributed by atoms with van der Waals surface area (Å²) in [5.41, 5.74) is 0.588. The molecule has 2 atom stereocenters. The Morgan fingerprint density at radius 2 is 1.93 bits per heavy atom. The van der Waals surface area contributed by atoms with E-state index in [0.29, 0.717) is 23.1 Å². The Hall–Kier alpha value is -2.63. The van der Waals surface area contributed by atoms with Crippen molar-refractivity contribution in [2.45, 2.75) is 31.7 Å². The summed E-state index contributed by atoms with van der Waals surface area (Å²) in [6.07, 6.45) is 3.49. The van der Waals surface area contributed by atoms with E-state index in [2.05, 4.69) is 29.9 Å². The number of hydrogen-bond donors (Lipinski definition) is 1. The van der Waals surface area contributed by atoms with Crippen molar-refractivity contribution in [3.63, 3.8) is 0 Å². The first-order valence-electron chi connectivity index (χ1n) is 8.73. The average Bonchev–Trinajstić information content (AvgIpc) is 3.12. The van der Waals surface area contributed by atoms with Crippen LogP contribution in [0.1, 0.15) is 25.8 Å². The normalized spacial score (nSPS) is 13.8. The molecule has 0 saturated heterocycles. The molecular weight excluding hydrogens is 418 g/mol. The minimum absolute atomic E-state index is 0.0897. The molecule has 3 aromatic heterocycles. The second-order valence-corrected chi connectivity index (χ2v) is 8.55. The fourth-order valence-corrected chi connectivity index (χ4v) is 3.97. The molecule has 0 spiro atoms. The maximum absolute atomic E-state index is 13.0. The summed E-state index contributed by atoms with van der Waals surface area (Å²) >= 11 is 5.80. The number of sulfonamides is 1. The van der Waals surface area contributed by atoms with Crippen molar-refractivity contribution in [2.24, 2.45) is 0 Å². The molecule has 0 aromatic carbocycles. The van der Waals surface area contributed by atoms with E-state index in [9.17, 15) is 8.42 Å². The molecule has 154 valence electrons. The highest BCUT2D eigenvalue weighted by molar-refractivity contribution is 7.93. The van der Waals surface area contributed by atoms with E-state index in [-0.39, 0.29) is 11.8 Å². The summed E-state index contributed by atoms with van der Waals surface area (Å²) in [7, 11) is -2.52. The lowest BCUT2D eigenvalue weighted by atomic mass is 10.2. The lowest BCUT2D eigenvalue weighted by molar-refractivity contribution is 0.0950. The van der Waals surface area contributed by atoms with Crippen LogP contribution in [0.2, 0.25) is 5.02 Å². The highest BCUT2D eigenvalue weighted by Crippen LogP contribution is 2.25. The Morgan fingerprint density at radius 1 is 1.21 bits per heavy atom. The van der Waals surface area contributed by atoms with Crippen molar-refractivity contribution in [2.75, 3.05) is 11.8 Å². The van der Waals surface area contributed by atoms with E-state index in [1.165, 1.54) is 26.4 Å². The van der Waals surface area contributed by atoms with Crippen molar-refractivity contribution in [3.05, 3.63) is 47.6 Å². The maximum atomic E-state index is 13.0. The summed E-state index contributed by atoms with van der Waals surface area (Å²) < 4.78 is 35.5. The zero-order chi connectivity index (χ0) is 21.0. The van der Waals surface area contributed by atoms with Crippen molar-refractivity contribution in [3.8, 4) is 11.5 Å². The van der Waals surface area contributed by atoms with Crippen LogP contribution in [0, 0.1) is 0 Å². The molecule has 10 nitrogen and oxygen atoms in total. The quantitative estimate of drug-likeness (QED) is 0.569. The summed E-state index contributed by atoms with van der Waals surface area (Å²) in [4.78, 5) is 12.4. The van der Waals surface area contributed by atoms with Gasteiger partial charge in [-0.1, -0.05) is 17.7 Å². The fourth-order valence-electron chi connectivity index (χ4n) is 2.72. The summed E-state index contributed by atoms with van der Waals surface area (Å²) in [5, 5.41) is 7.40. The minimum Gasteiger partial charge on any atom is -0.372 e. The smallest absolute Gasteiger partial charge is 0.240 e. The number of hydrogen-bond acceptors (Lipinski definition) is 8. The monoisotopic (exact) mass is 437 g/mol. The van der Waals surface area contributed by atoms with E-state index in [1.807, 2.05) is 13.0 Å². The van der Waals surface area contributed by atoms with Crippen LogP contribution >= 0.6 is 11.6 Å². The van der Waals surface area contributed by atoms with Gasteiger partial charge in [-0.05, 0) is 26.0 Å². The molecule has 0 saturated carbocycles. The van der Waals surface area contributed by atoms with Gasteiger partial charge in [0, 0.05) is 32.2 Å². The fraction of sp³-hybridized carbons (Fsp3) is 0.353. The Morgan fingerprint density at radius 3 is 2.52 bits per heavy atom. The van der Waals surface area contributed by atoms with E-state index in [1.54, 1.807) is 22.9 Å². The van der Waals surface area contributed by atoms with E-state index in [4.69, 9.17) is 16.3 Å². The van der Waals surface area contributed by atoms with Gasteiger partial charge in [0.2, 0.25) is 16.0 Å². The Bertz CT molecular complexity index is 1060.